The maximum absolute atomic E-state index is 13.6. The second kappa shape index (κ2) is 6.33. The highest BCUT2D eigenvalue weighted by Gasteiger charge is 2.30. The largest absolute Gasteiger partial charge is 0.336 e. The predicted octanol–water partition coefficient (Wildman–Crippen LogP) is 3.59. The lowest BCUT2D eigenvalue weighted by Gasteiger charge is -2.24. The molecule has 1 aromatic carbocycles. The van der Waals surface area contributed by atoms with Crippen LogP contribution >= 0.6 is 11.6 Å². The van der Waals surface area contributed by atoms with E-state index in [1.807, 2.05) is 0 Å². The molecule has 0 saturated carbocycles. The number of hydrogen-bond acceptors (Lipinski definition) is 1. The highest BCUT2D eigenvalue weighted by atomic mass is 35.5. The molecule has 1 aromatic rings. The molecule has 0 radical (unpaired) electrons. The first kappa shape index (κ1) is 14.3. The Balaban J connectivity index is 2.13. The van der Waals surface area contributed by atoms with E-state index in [-0.39, 0.29) is 17.5 Å². The van der Waals surface area contributed by atoms with Crippen LogP contribution in [0.1, 0.15) is 36.0 Å². The van der Waals surface area contributed by atoms with Crippen molar-refractivity contribution in [3.8, 4) is 0 Å². The first-order valence-corrected chi connectivity index (χ1v) is 6.99. The van der Waals surface area contributed by atoms with E-state index in [4.69, 9.17) is 11.6 Å². The van der Waals surface area contributed by atoms with Crippen LogP contribution in [0.25, 0.3) is 0 Å². The Labute approximate surface area is 116 Å². The van der Waals surface area contributed by atoms with E-state index in [2.05, 4.69) is 0 Å². The number of rotatable bonds is 4. The minimum absolute atomic E-state index is 0.0563. The van der Waals surface area contributed by atoms with Crippen LogP contribution in [0.15, 0.2) is 18.2 Å². The summed E-state index contributed by atoms with van der Waals surface area (Å²) >= 11 is 5.66. The number of halogens is 3. The lowest BCUT2D eigenvalue weighted by atomic mass is 10.1. The van der Waals surface area contributed by atoms with Gasteiger partial charge in [-0.25, -0.2) is 8.78 Å². The first-order chi connectivity index (χ1) is 9.13. The average molecular weight is 288 g/mol. The molecule has 1 heterocycles. The molecule has 104 valence electrons. The van der Waals surface area contributed by atoms with Crippen molar-refractivity contribution >= 4 is 17.5 Å². The molecular weight excluding hydrogens is 272 g/mol. The van der Waals surface area contributed by atoms with Gasteiger partial charge in [-0.1, -0.05) is 0 Å². The van der Waals surface area contributed by atoms with Crippen LogP contribution in [0, 0.1) is 11.6 Å². The monoisotopic (exact) mass is 287 g/mol. The zero-order chi connectivity index (χ0) is 13.8. The summed E-state index contributed by atoms with van der Waals surface area (Å²) in [6.07, 6.45) is 3.51. The Morgan fingerprint density at radius 3 is 2.89 bits per heavy atom. The SMILES string of the molecule is O=C(c1ccc(F)cc1F)N1CCCC1CCCCl. The van der Waals surface area contributed by atoms with Gasteiger partial charge in [0.25, 0.3) is 5.91 Å². The molecule has 0 bridgehead atoms. The molecule has 2 nitrogen and oxygen atoms in total. The lowest BCUT2D eigenvalue weighted by molar-refractivity contribution is 0.0725. The summed E-state index contributed by atoms with van der Waals surface area (Å²) in [4.78, 5) is 14.0. The van der Waals surface area contributed by atoms with E-state index in [1.165, 1.54) is 6.07 Å². The summed E-state index contributed by atoms with van der Waals surface area (Å²) in [5.41, 5.74) is -0.0563. The molecule has 2 rings (SSSR count). The second-order valence-electron chi connectivity index (χ2n) is 4.75. The smallest absolute Gasteiger partial charge is 0.257 e. The Hall–Kier alpha value is -1.16. The van der Waals surface area contributed by atoms with E-state index < -0.39 is 11.6 Å². The van der Waals surface area contributed by atoms with Crippen LogP contribution in [-0.4, -0.2) is 29.3 Å². The number of nitrogens with zero attached hydrogens (tertiary/aromatic N) is 1. The van der Waals surface area contributed by atoms with Crippen molar-refractivity contribution < 1.29 is 13.6 Å². The summed E-state index contributed by atoms with van der Waals surface area (Å²) in [7, 11) is 0. The van der Waals surface area contributed by atoms with E-state index in [0.717, 1.165) is 37.8 Å². The Morgan fingerprint density at radius 1 is 1.42 bits per heavy atom. The Kier molecular flexibility index (Phi) is 4.75. The quantitative estimate of drug-likeness (QED) is 0.775. The van der Waals surface area contributed by atoms with Crippen molar-refractivity contribution in [2.24, 2.45) is 0 Å². The molecule has 1 aliphatic rings. The number of carbonyl (C=O) groups excluding carboxylic acids is 1. The molecule has 1 aliphatic heterocycles. The number of amides is 1. The van der Waals surface area contributed by atoms with E-state index in [9.17, 15) is 13.6 Å². The molecule has 5 heteroatoms. The summed E-state index contributed by atoms with van der Waals surface area (Å²) in [6, 6.07) is 3.19. The minimum atomic E-state index is -0.798. The van der Waals surface area contributed by atoms with Crippen molar-refractivity contribution in [2.75, 3.05) is 12.4 Å². The molecule has 1 atom stereocenters. The van der Waals surface area contributed by atoms with Crippen molar-refractivity contribution in [3.05, 3.63) is 35.4 Å². The average Bonchev–Trinajstić information content (AvgIpc) is 2.83. The highest BCUT2D eigenvalue weighted by molar-refractivity contribution is 6.17. The molecule has 1 unspecified atom stereocenters. The van der Waals surface area contributed by atoms with Crippen LogP contribution in [0.3, 0.4) is 0 Å². The number of alkyl halides is 1. The summed E-state index contributed by atoms with van der Waals surface area (Å²) < 4.78 is 26.5. The molecule has 1 saturated heterocycles. The minimum Gasteiger partial charge on any atom is -0.336 e. The zero-order valence-corrected chi connectivity index (χ0v) is 11.3. The molecule has 1 fully saturated rings. The number of benzene rings is 1. The molecule has 19 heavy (non-hydrogen) atoms. The molecule has 0 aromatic heterocycles. The number of hydrogen-bond donors (Lipinski definition) is 0. The van der Waals surface area contributed by atoms with Gasteiger partial charge in [0.1, 0.15) is 11.6 Å². The fourth-order valence-electron chi connectivity index (χ4n) is 2.53. The van der Waals surface area contributed by atoms with Crippen molar-refractivity contribution in [2.45, 2.75) is 31.7 Å². The third-order valence-corrected chi connectivity index (χ3v) is 3.74. The van der Waals surface area contributed by atoms with Gasteiger partial charge in [-0.05, 0) is 37.8 Å². The van der Waals surface area contributed by atoms with Gasteiger partial charge in [0.05, 0.1) is 5.56 Å². The summed E-state index contributed by atoms with van der Waals surface area (Å²) in [5, 5.41) is 0. The molecule has 0 spiro atoms. The van der Waals surface area contributed by atoms with Gasteiger partial charge in [-0.3, -0.25) is 4.79 Å². The molecule has 1 amide bonds. The zero-order valence-electron chi connectivity index (χ0n) is 10.5. The van der Waals surface area contributed by atoms with Crippen molar-refractivity contribution in [1.29, 1.82) is 0 Å². The molecule has 0 N–H and O–H groups in total. The first-order valence-electron chi connectivity index (χ1n) is 6.45. The van der Waals surface area contributed by atoms with Crippen LogP contribution in [0.5, 0.6) is 0 Å². The third-order valence-electron chi connectivity index (χ3n) is 3.47. The lowest BCUT2D eigenvalue weighted by Crippen LogP contribution is -2.36. The second-order valence-corrected chi connectivity index (χ2v) is 5.13. The number of carbonyl (C=O) groups is 1. The fraction of sp³-hybridized carbons (Fsp3) is 0.500. The maximum Gasteiger partial charge on any atom is 0.257 e. The van der Waals surface area contributed by atoms with Gasteiger partial charge in [0.2, 0.25) is 0 Å². The molecular formula is C14H16ClF2NO. The van der Waals surface area contributed by atoms with Gasteiger partial charge in [0, 0.05) is 24.5 Å². The topological polar surface area (TPSA) is 20.3 Å². The van der Waals surface area contributed by atoms with Crippen LogP contribution < -0.4 is 0 Å². The Morgan fingerprint density at radius 2 is 2.21 bits per heavy atom. The van der Waals surface area contributed by atoms with Gasteiger partial charge in [-0.2, -0.15) is 0 Å². The van der Waals surface area contributed by atoms with Crippen molar-refractivity contribution in [3.63, 3.8) is 0 Å². The normalized spacial score (nSPS) is 18.9. The predicted molar refractivity (Wildman–Crippen MR) is 70.4 cm³/mol. The van der Waals surface area contributed by atoms with Gasteiger partial charge >= 0.3 is 0 Å². The van der Waals surface area contributed by atoms with Crippen LogP contribution in [0.4, 0.5) is 8.78 Å². The third kappa shape index (κ3) is 3.24. The van der Waals surface area contributed by atoms with E-state index in [1.54, 1.807) is 4.90 Å². The maximum atomic E-state index is 13.6. The van der Waals surface area contributed by atoms with Crippen LogP contribution in [-0.2, 0) is 0 Å². The van der Waals surface area contributed by atoms with E-state index >= 15 is 0 Å². The highest BCUT2D eigenvalue weighted by Crippen LogP contribution is 2.24. The van der Waals surface area contributed by atoms with Crippen LogP contribution in [0.2, 0.25) is 0 Å². The number of likely N-dealkylation sites (tertiary alicyclic amines) is 1. The molecule has 0 aliphatic carbocycles. The summed E-state index contributed by atoms with van der Waals surface area (Å²) in [5.74, 6) is -1.26. The van der Waals surface area contributed by atoms with Crippen molar-refractivity contribution in [1.82, 2.24) is 4.90 Å². The summed E-state index contributed by atoms with van der Waals surface area (Å²) in [6.45, 7) is 0.628. The van der Waals surface area contributed by atoms with Gasteiger partial charge < -0.3 is 4.90 Å². The fourth-order valence-corrected chi connectivity index (χ4v) is 2.69. The standard InChI is InChI=1S/C14H16ClF2NO/c15-7-1-3-11-4-2-8-18(11)14(19)12-6-5-10(16)9-13(12)17/h5-6,9,11H,1-4,7-8H2. The van der Waals surface area contributed by atoms with Gasteiger partial charge in [-0.15, -0.1) is 11.6 Å². The van der Waals surface area contributed by atoms with E-state index in [0.29, 0.717) is 12.4 Å². The Bertz CT molecular complexity index is 467. The van der Waals surface area contributed by atoms with Gasteiger partial charge in [0.15, 0.2) is 0 Å².